The summed E-state index contributed by atoms with van der Waals surface area (Å²) < 4.78 is 30.8. The second kappa shape index (κ2) is 11.4. The van der Waals surface area contributed by atoms with Gasteiger partial charge in [-0.1, -0.05) is 67.9 Å². The molecule has 3 heterocycles. The Balaban J connectivity index is 0.000000241. The largest absolute Gasteiger partial charge is 0.456 e. The maximum Gasteiger partial charge on any atom is 0.135 e. The SMILES string of the molecule is [2H]C([2H])([2H])c1cnc2c3[c-]cccc3c3cc4c(cc3c2c1C(C)(C)C)oc1ccccc14.[Ir].[c-]1ccccc1-c1ccccn1. The molecule has 1 radical (unpaired) electrons. The summed E-state index contributed by atoms with van der Waals surface area (Å²) in [5.74, 6) is 0. The van der Waals surface area contributed by atoms with Crippen molar-refractivity contribution in [1.29, 1.82) is 0 Å². The van der Waals surface area contributed by atoms with Gasteiger partial charge in [0.25, 0.3) is 0 Å². The zero-order valence-corrected chi connectivity index (χ0v) is 26.4. The molecule has 0 saturated carbocycles. The minimum absolute atomic E-state index is 0. The normalized spacial score (nSPS) is 12.9. The Labute approximate surface area is 269 Å². The summed E-state index contributed by atoms with van der Waals surface area (Å²) in [6.07, 6.45) is 3.32. The first-order chi connectivity index (χ1) is 21.6. The Bertz CT molecular complexity index is 2310. The van der Waals surface area contributed by atoms with E-state index in [9.17, 15) is 0 Å². The van der Waals surface area contributed by atoms with Crippen LogP contribution in [0.15, 0.2) is 114 Å². The van der Waals surface area contributed by atoms with Crippen LogP contribution in [0.5, 0.6) is 0 Å². The summed E-state index contributed by atoms with van der Waals surface area (Å²) in [5, 5.41) is 6.91. The van der Waals surface area contributed by atoms with E-state index < -0.39 is 12.3 Å². The van der Waals surface area contributed by atoms with E-state index in [-0.39, 0.29) is 20.1 Å². The molecule has 4 heteroatoms. The Morgan fingerprint density at radius 1 is 0.721 bits per heavy atom. The summed E-state index contributed by atoms with van der Waals surface area (Å²) in [4.78, 5) is 8.92. The first-order valence-electron chi connectivity index (χ1n) is 15.5. The molecule has 8 rings (SSSR count). The number of hydrogen-bond acceptors (Lipinski definition) is 3. The van der Waals surface area contributed by atoms with Crippen LogP contribution < -0.4 is 0 Å². The van der Waals surface area contributed by atoms with Crippen molar-refractivity contribution in [3.05, 3.63) is 133 Å². The van der Waals surface area contributed by atoms with Gasteiger partial charge in [0.15, 0.2) is 0 Å². The van der Waals surface area contributed by atoms with Crippen LogP contribution in [0.2, 0.25) is 0 Å². The van der Waals surface area contributed by atoms with Gasteiger partial charge >= 0.3 is 0 Å². The second-order valence-electron chi connectivity index (χ2n) is 11.5. The molecule has 0 spiro atoms. The maximum atomic E-state index is 8.21. The fourth-order valence-electron chi connectivity index (χ4n) is 5.88. The van der Waals surface area contributed by atoms with Crippen LogP contribution in [0, 0.1) is 19.0 Å². The maximum absolute atomic E-state index is 8.21. The number of para-hydroxylation sites is 1. The third kappa shape index (κ3) is 5.12. The van der Waals surface area contributed by atoms with Crippen LogP contribution in [0.3, 0.4) is 0 Å². The van der Waals surface area contributed by atoms with Gasteiger partial charge in [0.2, 0.25) is 0 Å². The molecule has 0 bridgehead atoms. The number of nitrogens with zero attached hydrogens (tertiary/aromatic N) is 2. The van der Waals surface area contributed by atoms with E-state index in [0.717, 1.165) is 71.2 Å². The van der Waals surface area contributed by atoms with E-state index in [1.807, 2.05) is 72.8 Å². The third-order valence-corrected chi connectivity index (χ3v) is 7.65. The monoisotopic (exact) mass is 738 g/mol. The van der Waals surface area contributed by atoms with Gasteiger partial charge in [-0.2, -0.15) is 0 Å². The van der Waals surface area contributed by atoms with Gasteiger partial charge in [0.1, 0.15) is 11.2 Å². The Morgan fingerprint density at radius 3 is 2.28 bits per heavy atom. The number of aryl methyl sites for hydroxylation is 1. The number of fused-ring (bicyclic) bond motifs is 9. The smallest absolute Gasteiger partial charge is 0.135 e. The third-order valence-electron chi connectivity index (χ3n) is 7.65. The van der Waals surface area contributed by atoms with Crippen molar-refractivity contribution in [2.24, 2.45) is 0 Å². The van der Waals surface area contributed by atoms with E-state index in [4.69, 9.17) is 13.5 Å². The summed E-state index contributed by atoms with van der Waals surface area (Å²) >= 11 is 0. The molecule has 0 aliphatic heterocycles. The van der Waals surface area contributed by atoms with E-state index in [0.29, 0.717) is 5.56 Å². The predicted molar refractivity (Wildman–Crippen MR) is 175 cm³/mol. The van der Waals surface area contributed by atoms with Crippen LogP contribution >= 0.6 is 0 Å². The molecule has 3 nitrogen and oxygen atoms in total. The summed E-state index contributed by atoms with van der Waals surface area (Å²) in [6, 6.07) is 38.4. The predicted octanol–water partition coefficient (Wildman–Crippen LogP) is 10.4. The van der Waals surface area contributed by atoms with Crippen molar-refractivity contribution in [3.63, 3.8) is 0 Å². The molecule has 0 atom stereocenters. The van der Waals surface area contributed by atoms with Crippen molar-refractivity contribution in [3.8, 4) is 11.3 Å². The quantitative estimate of drug-likeness (QED) is 0.124. The van der Waals surface area contributed by atoms with E-state index >= 15 is 0 Å². The summed E-state index contributed by atoms with van der Waals surface area (Å²) in [7, 11) is 0. The van der Waals surface area contributed by atoms with Gasteiger partial charge in [-0.3, -0.25) is 0 Å². The standard InChI is InChI=1S/C28H22NO.C11H8N.Ir/c1-16-15-29-27-19-11-6-5-9-17(19)20-13-21-18-10-7-8-12-23(18)30-24(21)14-22(20)25(27)26(16)28(2,3)4;1-2-6-10(7-3-1)11-8-4-5-9-12-11;/h5-10,12-15H,1-4H3;1-6,8-9H;/q2*-1;/i1D3;;. The average Bonchev–Trinajstić information content (AvgIpc) is 3.41. The van der Waals surface area contributed by atoms with Gasteiger partial charge in [-0.05, 0) is 63.6 Å². The first kappa shape index (κ1) is 25.2. The molecule has 43 heavy (non-hydrogen) atoms. The van der Waals surface area contributed by atoms with Gasteiger partial charge < -0.3 is 14.4 Å². The summed E-state index contributed by atoms with van der Waals surface area (Å²) in [6.45, 7) is 3.90. The molecule has 0 saturated heterocycles. The molecule has 5 aromatic carbocycles. The Morgan fingerprint density at radius 2 is 1.51 bits per heavy atom. The Hall–Kier alpha value is -4.37. The van der Waals surface area contributed by atoms with Crippen LogP contribution in [-0.4, -0.2) is 9.97 Å². The Kier molecular flexibility index (Phi) is 6.65. The molecule has 0 amide bonds. The average molecular weight is 738 g/mol. The number of hydrogen-bond donors (Lipinski definition) is 0. The van der Waals surface area contributed by atoms with Crippen molar-refractivity contribution in [2.45, 2.75) is 33.0 Å². The molecule has 0 fully saturated rings. The number of furan rings is 1. The van der Waals surface area contributed by atoms with Crippen LogP contribution in [0.4, 0.5) is 0 Å². The molecule has 0 unspecified atom stereocenters. The number of pyridine rings is 2. The van der Waals surface area contributed by atoms with E-state index in [1.54, 1.807) is 6.20 Å². The topological polar surface area (TPSA) is 38.9 Å². The molecule has 3 aromatic heterocycles. The fourth-order valence-corrected chi connectivity index (χ4v) is 5.88. The van der Waals surface area contributed by atoms with Crippen molar-refractivity contribution in [1.82, 2.24) is 9.97 Å². The number of benzene rings is 5. The zero-order valence-electron chi connectivity index (χ0n) is 27.0. The molecule has 0 aliphatic rings. The molecule has 213 valence electrons. The number of aromatic nitrogens is 2. The first-order valence-corrected chi connectivity index (χ1v) is 14.0. The van der Waals surface area contributed by atoms with Gasteiger partial charge in [-0.15, -0.1) is 65.5 Å². The second-order valence-corrected chi connectivity index (χ2v) is 11.5. The minimum Gasteiger partial charge on any atom is -0.456 e. The van der Waals surface area contributed by atoms with Crippen molar-refractivity contribution >= 4 is 54.4 Å². The molecule has 0 N–H and O–H groups in total. The fraction of sp³-hybridized carbons (Fsp3) is 0.128. The zero-order chi connectivity index (χ0) is 31.3. The van der Waals surface area contributed by atoms with Crippen LogP contribution in [-0.2, 0) is 25.5 Å². The van der Waals surface area contributed by atoms with E-state index in [2.05, 4.69) is 62.2 Å². The van der Waals surface area contributed by atoms with Crippen molar-refractivity contribution in [2.75, 3.05) is 0 Å². The molecule has 8 aromatic rings. The number of rotatable bonds is 1. The van der Waals surface area contributed by atoms with Crippen LogP contribution in [0.1, 0.15) is 36.0 Å². The van der Waals surface area contributed by atoms with Crippen LogP contribution in [0.25, 0.3) is 65.6 Å². The van der Waals surface area contributed by atoms with Gasteiger partial charge in [0, 0.05) is 47.4 Å². The van der Waals surface area contributed by atoms with E-state index in [1.165, 1.54) is 6.20 Å². The van der Waals surface area contributed by atoms with Gasteiger partial charge in [-0.25, -0.2) is 0 Å². The van der Waals surface area contributed by atoms with Gasteiger partial charge in [0.05, 0.1) is 0 Å². The molecular formula is C39H30IrN2O-2. The molecular weight excluding hydrogens is 705 g/mol. The summed E-state index contributed by atoms with van der Waals surface area (Å²) in [5.41, 5.74) is 5.07. The molecule has 0 aliphatic carbocycles. The minimum atomic E-state index is -2.27. The van der Waals surface area contributed by atoms with Crippen molar-refractivity contribution < 1.29 is 28.6 Å².